The molecule has 0 unspecified atom stereocenters. The highest BCUT2D eigenvalue weighted by atomic mass is 32.1. The summed E-state index contributed by atoms with van der Waals surface area (Å²) in [7, 11) is 0. The molecule has 0 spiro atoms. The van der Waals surface area contributed by atoms with Crippen LogP contribution in [0.4, 0.5) is 5.69 Å². The second-order valence-corrected chi connectivity index (χ2v) is 6.46. The second-order valence-electron chi connectivity index (χ2n) is 5.46. The molecule has 0 radical (unpaired) electrons. The van der Waals surface area contributed by atoms with Gasteiger partial charge in [0.25, 0.3) is 11.8 Å². The van der Waals surface area contributed by atoms with Gasteiger partial charge < -0.3 is 15.6 Å². The first-order valence-electron chi connectivity index (χ1n) is 7.40. The van der Waals surface area contributed by atoms with Crippen LogP contribution >= 0.6 is 11.3 Å². The van der Waals surface area contributed by atoms with Gasteiger partial charge >= 0.3 is 0 Å². The summed E-state index contributed by atoms with van der Waals surface area (Å²) in [5.74, 6) is -0.353. The number of aryl methyl sites for hydroxylation is 1. The van der Waals surface area contributed by atoms with Crippen LogP contribution in [0.3, 0.4) is 0 Å². The average molecular weight is 339 g/mol. The monoisotopic (exact) mass is 339 g/mol. The molecular formula is C17H13N3O3S. The van der Waals surface area contributed by atoms with Crippen molar-refractivity contribution in [2.75, 3.05) is 5.32 Å². The van der Waals surface area contributed by atoms with E-state index in [0.29, 0.717) is 17.9 Å². The van der Waals surface area contributed by atoms with Crippen molar-refractivity contribution in [2.24, 2.45) is 5.73 Å². The van der Waals surface area contributed by atoms with E-state index in [2.05, 4.69) is 10.5 Å². The lowest BCUT2D eigenvalue weighted by molar-refractivity contribution is 0.100. The second kappa shape index (κ2) is 5.61. The van der Waals surface area contributed by atoms with E-state index >= 15 is 0 Å². The molecule has 4 rings (SSSR count). The Balaban J connectivity index is 1.67. The van der Waals surface area contributed by atoms with Gasteiger partial charge in [-0.25, -0.2) is 0 Å². The van der Waals surface area contributed by atoms with E-state index < -0.39 is 11.8 Å². The zero-order valence-electron chi connectivity index (χ0n) is 12.5. The van der Waals surface area contributed by atoms with Gasteiger partial charge in [0.15, 0.2) is 11.5 Å². The normalized spacial score (nSPS) is 12.3. The Bertz CT molecular complexity index is 958. The Hall–Kier alpha value is -2.93. The molecule has 0 aliphatic heterocycles. The zero-order valence-corrected chi connectivity index (χ0v) is 13.4. The van der Waals surface area contributed by atoms with Crippen LogP contribution in [-0.2, 0) is 12.8 Å². The maximum atomic E-state index is 12.6. The molecular weight excluding hydrogens is 326 g/mol. The number of fused-ring (bicyclic) bond motifs is 3. The van der Waals surface area contributed by atoms with Crippen LogP contribution in [0.5, 0.6) is 0 Å². The summed E-state index contributed by atoms with van der Waals surface area (Å²) in [5.41, 5.74) is 8.01. The van der Waals surface area contributed by atoms with E-state index in [1.807, 2.05) is 11.4 Å². The standard InChI is InChI=1S/C17H13N3O3S/c18-16(21)9-3-1-2-4-12(9)19-17(22)14-11-5-6-13-10(7-8-24-13)15(11)23-20-14/h1-4,7-8H,5-6H2,(H2,18,21)(H,19,22). The van der Waals surface area contributed by atoms with Gasteiger partial charge in [-0.15, -0.1) is 11.3 Å². The molecule has 2 heterocycles. The molecule has 120 valence electrons. The van der Waals surface area contributed by atoms with Crippen molar-refractivity contribution in [2.45, 2.75) is 12.8 Å². The van der Waals surface area contributed by atoms with Crippen molar-refractivity contribution in [3.8, 4) is 11.3 Å². The lowest BCUT2D eigenvalue weighted by atomic mass is 9.95. The van der Waals surface area contributed by atoms with Crippen LogP contribution in [0, 0.1) is 0 Å². The van der Waals surface area contributed by atoms with E-state index in [0.717, 1.165) is 17.5 Å². The highest BCUT2D eigenvalue weighted by Gasteiger charge is 2.28. The van der Waals surface area contributed by atoms with Crippen LogP contribution in [-0.4, -0.2) is 17.0 Å². The Morgan fingerprint density at radius 1 is 1.21 bits per heavy atom. The lowest BCUT2D eigenvalue weighted by Crippen LogP contribution is -2.19. The number of nitrogens with zero attached hydrogens (tertiary/aromatic N) is 1. The molecule has 0 atom stereocenters. The summed E-state index contributed by atoms with van der Waals surface area (Å²) < 4.78 is 5.41. The molecule has 1 aromatic carbocycles. The van der Waals surface area contributed by atoms with Crippen LogP contribution in [0.2, 0.25) is 0 Å². The van der Waals surface area contributed by atoms with Crippen molar-refractivity contribution < 1.29 is 14.1 Å². The maximum absolute atomic E-state index is 12.6. The smallest absolute Gasteiger partial charge is 0.278 e. The molecule has 3 N–H and O–H groups in total. The Kier molecular flexibility index (Phi) is 3.42. The highest BCUT2D eigenvalue weighted by Crippen LogP contribution is 2.38. The summed E-state index contributed by atoms with van der Waals surface area (Å²) in [6.07, 6.45) is 1.56. The van der Waals surface area contributed by atoms with Crippen molar-refractivity contribution in [3.63, 3.8) is 0 Å². The molecule has 1 aliphatic carbocycles. The number of primary amides is 1. The fourth-order valence-corrected chi connectivity index (χ4v) is 3.77. The van der Waals surface area contributed by atoms with Crippen LogP contribution in [0.25, 0.3) is 11.3 Å². The van der Waals surface area contributed by atoms with Crippen LogP contribution in [0.15, 0.2) is 40.2 Å². The quantitative estimate of drug-likeness (QED) is 0.766. The molecule has 0 saturated heterocycles. The first-order valence-corrected chi connectivity index (χ1v) is 8.28. The third-order valence-electron chi connectivity index (χ3n) is 4.04. The summed E-state index contributed by atoms with van der Waals surface area (Å²) in [4.78, 5) is 25.3. The minimum Gasteiger partial charge on any atom is -0.366 e. The highest BCUT2D eigenvalue weighted by molar-refractivity contribution is 7.10. The number of nitrogens with one attached hydrogen (secondary N) is 1. The summed E-state index contributed by atoms with van der Waals surface area (Å²) in [6, 6.07) is 8.58. The zero-order chi connectivity index (χ0) is 16.7. The third kappa shape index (κ3) is 2.30. The van der Waals surface area contributed by atoms with Crippen molar-refractivity contribution in [3.05, 3.63) is 57.4 Å². The number of aromatic nitrogens is 1. The van der Waals surface area contributed by atoms with Gasteiger partial charge in [-0.05, 0) is 36.4 Å². The Labute approximate surface area is 141 Å². The predicted octanol–water partition coefficient (Wildman–Crippen LogP) is 2.85. The van der Waals surface area contributed by atoms with Crippen molar-refractivity contribution >= 4 is 28.8 Å². The van der Waals surface area contributed by atoms with Crippen molar-refractivity contribution in [1.29, 1.82) is 0 Å². The molecule has 3 aromatic rings. The van der Waals surface area contributed by atoms with Gasteiger partial charge in [-0.1, -0.05) is 17.3 Å². The number of rotatable bonds is 3. The summed E-state index contributed by atoms with van der Waals surface area (Å²) >= 11 is 1.67. The number of amides is 2. The fraction of sp³-hybridized carbons (Fsp3) is 0.118. The summed E-state index contributed by atoms with van der Waals surface area (Å²) in [6.45, 7) is 0. The number of carbonyl (C=O) groups excluding carboxylic acids is 2. The lowest BCUT2D eigenvalue weighted by Gasteiger charge is -2.11. The molecule has 0 saturated carbocycles. The van der Waals surface area contributed by atoms with E-state index in [9.17, 15) is 9.59 Å². The average Bonchev–Trinajstić information content (AvgIpc) is 3.21. The first kappa shape index (κ1) is 14.6. The number of benzene rings is 1. The van der Waals surface area contributed by atoms with Gasteiger partial charge in [-0.2, -0.15) is 0 Å². The van der Waals surface area contributed by atoms with E-state index in [1.54, 1.807) is 35.6 Å². The molecule has 7 heteroatoms. The Morgan fingerprint density at radius 3 is 2.88 bits per heavy atom. The fourth-order valence-electron chi connectivity index (χ4n) is 2.89. The largest absolute Gasteiger partial charge is 0.366 e. The predicted molar refractivity (Wildman–Crippen MR) is 90.1 cm³/mol. The number of para-hydroxylation sites is 1. The minimum atomic E-state index is -0.601. The van der Waals surface area contributed by atoms with E-state index in [1.165, 1.54) is 4.88 Å². The number of hydrogen-bond donors (Lipinski definition) is 2. The van der Waals surface area contributed by atoms with Crippen LogP contribution < -0.4 is 11.1 Å². The van der Waals surface area contributed by atoms with Gasteiger partial charge in [0.2, 0.25) is 0 Å². The van der Waals surface area contributed by atoms with Gasteiger partial charge in [-0.3, -0.25) is 9.59 Å². The summed E-state index contributed by atoms with van der Waals surface area (Å²) in [5, 5.41) is 8.66. The van der Waals surface area contributed by atoms with Gasteiger partial charge in [0.1, 0.15) is 0 Å². The van der Waals surface area contributed by atoms with Gasteiger partial charge in [0.05, 0.1) is 11.3 Å². The van der Waals surface area contributed by atoms with Gasteiger partial charge in [0, 0.05) is 16.0 Å². The minimum absolute atomic E-state index is 0.251. The molecule has 1 aliphatic rings. The number of thiophene rings is 1. The maximum Gasteiger partial charge on any atom is 0.278 e. The number of carbonyl (C=O) groups is 2. The molecule has 24 heavy (non-hydrogen) atoms. The topological polar surface area (TPSA) is 98.2 Å². The third-order valence-corrected chi connectivity index (χ3v) is 5.02. The van der Waals surface area contributed by atoms with E-state index in [-0.39, 0.29) is 11.3 Å². The molecule has 6 nitrogen and oxygen atoms in total. The molecule has 0 bridgehead atoms. The molecule has 2 aromatic heterocycles. The number of nitrogens with two attached hydrogens (primary N) is 1. The Morgan fingerprint density at radius 2 is 2.04 bits per heavy atom. The van der Waals surface area contributed by atoms with Crippen LogP contribution in [0.1, 0.15) is 31.3 Å². The van der Waals surface area contributed by atoms with E-state index in [4.69, 9.17) is 10.3 Å². The SMILES string of the molecule is NC(=O)c1ccccc1NC(=O)c1noc2c1CCc1sccc1-2. The van der Waals surface area contributed by atoms with Crippen molar-refractivity contribution in [1.82, 2.24) is 5.16 Å². The molecule has 0 fully saturated rings. The first-order chi connectivity index (χ1) is 11.6. The molecule has 2 amide bonds. The number of anilines is 1. The number of hydrogen-bond acceptors (Lipinski definition) is 5.